The zero-order chi connectivity index (χ0) is 30.2. The number of rotatable bonds is 5. The average molecular weight is 597 g/mol. The number of quaternary nitrogens is 2. The van der Waals surface area contributed by atoms with Crippen LogP contribution in [0.25, 0.3) is 11.1 Å². The van der Waals surface area contributed by atoms with Crippen LogP contribution in [0.1, 0.15) is 64.2 Å². The molecule has 0 N–H and O–H groups in total. The summed E-state index contributed by atoms with van der Waals surface area (Å²) in [5.41, 5.74) is 1.18. The Bertz CT molecular complexity index is 1150. The van der Waals surface area contributed by atoms with Crippen LogP contribution in [-0.4, -0.2) is 89.3 Å². The summed E-state index contributed by atoms with van der Waals surface area (Å²) < 4.78 is 67.0. The molecule has 4 rings (SSSR count). The highest BCUT2D eigenvalue weighted by Gasteiger charge is 2.25. The van der Waals surface area contributed by atoms with E-state index in [2.05, 4.69) is 42.3 Å². The molecule has 0 heterocycles. The fourth-order valence-electron chi connectivity index (χ4n) is 5.34. The SMILES string of the molecule is C[N+](C)(C)C1CCCCC1.C[N+](C)(C)C1CCCCC1.O=S(=O)([O-])c1ccc(-c2ccc(S(=O)(=O)[O-])cc2)cc1. The third-order valence-electron chi connectivity index (χ3n) is 7.96. The third-order valence-corrected chi connectivity index (χ3v) is 9.66. The zero-order valence-electron chi connectivity index (χ0n) is 25.0. The van der Waals surface area contributed by atoms with Crippen molar-refractivity contribution in [2.24, 2.45) is 0 Å². The van der Waals surface area contributed by atoms with Crippen molar-refractivity contribution in [1.82, 2.24) is 0 Å². The standard InChI is InChI=1S/C12H10O6S2.2C9H20N/c13-19(14,15)11-5-1-9(2-6-11)10-3-7-12(8-4-10)20(16,17)18;2*1-10(2,3)9-7-5-4-6-8-9/h1-8H,(H,13,14,15)(H,16,17,18);2*9H,4-8H2,1-3H3/q;2*+1/p-2. The molecule has 0 atom stereocenters. The van der Waals surface area contributed by atoms with Crippen molar-refractivity contribution < 1.29 is 34.9 Å². The van der Waals surface area contributed by atoms with Gasteiger partial charge < -0.3 is 18.1 Å². The summed E-state index contributed by atoms with van der Waals surface area (Å²) in [7, 11) is 4.90. The molecule has 0 saturated heterocycles. The van der Waals surface area contributed by atoms with Gasteiger partial charge in [-0.2, -0.15) is 0 Å². The van der Waals surface area contributed by atoms with Crippen molar-refractivity contribution in [3.63, 3.8) is 0 Å². The maximum Gasteiger partial charge on any atom is 0.124 e. The van der Waals surface area contributed by atoms with Gasteiger partial charge in [-0.1, -0.05) is 37.1 Å². The molecule has 2 aromatic rings. The highest BCUT2D eigenvalue weighted by molar-refractivity contribution is 7.86. The van der Waals surface area contributed by atoms with Gasteiger partial charge in [0.25, 0.3) is 0 Å². The lowest BCUT2D eigenvalue weighted by Crippen LogP contribution is -2.45. The van der Waals surface area contributed by atoms with Crippen molar-refractivity contribution in [3.05, 3.63) is 48.5 Å². The summed E-state index contributed by atoms with van der Waals surface area (Å²) in [5.74, 6) is 0. The maximum absolute atomic E-state index is 10.8. The van der Waals surface area contributed by atoms with Gasteiger partial charge in [0.15, 0.2) is 0 Å². The summed E-state index contributed by atoms with van der Waals surface area (Å²) in [6, 6.07) is 12.2. The molecular formula is C30H48N2O6S2. The molecule has 0 aromatic heterocycles. The Kier molecular flexibility index (Phi) is 12.4. The Labute approximate surface area is 242 Å². The van der Waals surface area contributed by atoms with Gasteiger partial charge >= 0.3 is 0 Å². The Morgan fingerprint density at radius 2 is 0.750 bits per heavy atom. The average Bonchev–Trinajstić information content (AvgIpc) is 2.89. The molecule has 2 aromatic carbocycles. The lowest BCUT2D eigenvalue weighted by atomic mass is 9.94. The molecule has 0 amide bonds. The van der Waals surface area contributed by atoms with Gasteiger partial charge in [0.1, 0.15) is 20.2 Å². The van der Waals surface area contributed by atoms with E-state index in [-0.39, 0.29) is 9.79 Å². The van der Waals surface area contributed by atoms with Crippen molar-refractivity contribution in [2.45, 2.75) is 86.1 Å². The molecule has 2 saturated carbocycles. The molecule has 10 heteroatoms. The lowest BCUT2D eigenvalue weighted by molar-refractivity contribution is -0.897. The lowest BCUT2D eigenvalue weighted by Gasteiger charge is -2.36. The second-order valence-corrected chi connectivity index (χ2v) is 15.5. The summed E-state index contributed by atoms with van der Waals surface area (Å²) in [6.45, 7) is 0. The van der Waals surface area contributed by atoms with Gasteiger partial charge in [-0.3, -0.25) is 0 Å². The van der Waals surface area contributed by atoms with E-state index in [4.69, 9.17) is 0 Å². The van der Waals surface area contributed by atoms with E-state index in [1.165, 1.54) is 97.4 Å². The second-order valence-electron chi connectivity index (χ2n) is 12.8. The predicted molar refractivity (Wildman–Crippen MR) is 158 cm³/mol. The largest absolute Gasteiger partial charge is 0.744 e. The molecule has 2 fully saturated rings. The maximum atomic E-state index is 10.8. The van der Waals surface area contributed by atoms with E-state index in [0.717, 1.165) is 36.3 Å². The number of nitrogens with zero attached hydrogens (tertiary/aromatic N) is 2. The zero-order valence-corrected chi connectivity index (χ0v) is 26.6. The number of benzene rings is 2. The van der Waals surface area contributed by atoms with Crippen LogP contribution in [0.15, 0.2) is 58.3 Å². The van der Waals surface area contributed by atoms with E-state index >= 15 is 0 Å². The van der Waals surface area contributed by atoms with Gasteiger partial charge in [0, 0.05) is 0 Å². The molecule has 2 aliphatic carbocycles. The monoisotopic (exact) mass is 596 g/mol. The molecule has 40 heavy (non-hydrogen) atoms. The van der Waals surface area contributed by atoms with Crippen molar-refractivity contribution >= 4 is 20.2 Å². The van der Waals surface area contributed by atoms with E-state index in [1.807, 2.05) is 0 Å². The molecule has 0 radical (unpaired) electrons. The van der Waals surface area contributed by atoms with Crippen LogP contribution in [-0.2, 0) is 20.2 Å². The quantitative estimate of drug-likeness (QED) is 0.346. The third kappa shape index (κ3) is 11.6. The van der Waals surface area contributed by atoms with Crippen LogP contribution in [0, 0.1) is 0 Å². The minimum atomic E-state index is -4.50. The first kappa shape index (κ1) is 34.4. The Balaban J connectivity index is 0.000000235. The first-order chi connectivity index (χ1) is 18.4. The molecule has 0 bridgehead atoms. The summed E-state index contributed by atoms with van der Waals surface area (Å²) in [5, 5.41) is 0. The highest BCUT2D eigenvalue weighted by atomic mass is 32.2. The Morgan fingerprint density at radius 3 is 0.925 bits per heavy atom. The van der Waals surface area contributed by atoms with Gasteiger partial charge in [-0.05, 0) is 86.8 Å². The van der Waals surface area contributed by atoms with Crippen LogP contribution >= 0.6 is 0 Å². The minimum Gasteiger partial charge on any atom is -0.744 e. The molecular weight excluding hydrogens is 548 g/mol. The molecule has 0 unspecified atom stereocenters. The van der Waals surface area contributed by atoms with Gasteiger partial charge in [0.05, 0.1) is 64.2 Å². The summed E-state index contributed by atoms with van der Waals surface area (Å²) in [6.07, 6.45) is 14.6. The second kappa shape index (κ2) is 14.4. The van der Waals surface area contributed by atoms with Crippen molar-refractivity contribution in [1.29, 1.82) is 0 Å². The molecule has 0 aliphatic heterocycles. The number of hydrogen-bond acceptors (Lipinski definition) is 6. The molecule has 8 nitrogen and oxygen atoms in total. The van der Waals surface area contributed by atoms with Crippen LogP contribution in [0.2, 0.25) is 0 Å². The van der Waals surface area contributed by atoms with E-state index in [1.54, 1.807) is 0 Å². The Hall–Kier alpha value is -1.82. The predicted octanol–water partition coefficient (Wildman–Crippen LogP) is 5.21. The van der Waals surface area contributed by atoms with E-state index in [9.17, 15) is 25.9 Å². The summed E-state index contributed by atoms with van der Waals surface area (Å²) >= 11 is 0. The van der Waals surface area contributed by atoms with Crippen LogP contribution < -0.4 is 0 Å². The van der Waals surface area contributed by atoms with E-state index in [0.29, 0.717) is 11.1 Å². The Morgan fingerprint density at radius 1 is 0.500 bits per heavy atom. The minimum absolute atomic E-state index is 0.347. The number of hydrogen-bond donors (Lipinski definition) is 0. The van der Waals surface area contributed by atoms with Gasteiger partial charge in [-0.25, -0.2) is 16.8 Å². The van der Waals surface area contributed by atoms with Gasteiger partial charge in [-0.15, -0.1) is 0 Å². The highest BCUT2D eigenvalue weighted by Crippen LogP contribution is 2.25. The van der Waals surface area contributed by atoms with Crippen LogP contribution in [0.5, 0.6) is 0 Å². The van der Waals surface area contributed by atoms with Crippen molar-refractivity contribution in [2.75, 3.05) is 42.3 Å². The fourth-order valence-corrected chi connectivity index (χ4v) is 6.28. The van der Waals surface area contributed by atoms with Gasteiger partial charge in [0.2, 0.25) is 0 Å². The van der Waals surface area contributed by atoms with Crippen LogP contribution in [0.4, 0.5) is 0 Å². The molecule has 2 aliphatic rings. The molecule has 0 spiro atoms. The fraction of sp³-hybridized carbons (Fsp3) is 0.600. The summed E-state index contributed by atoms with van der Waals surface area (Å²) in [4.78, 5) is -0.694. The smallest absolute Gasteiger partial charge is 0.124 e. The normalized spacial score (nSPS) is 17.7. The first-order valence-electron chi connectivity index (χ1n) is 14.1. The molecule has 226 valence electrons. The van der Waals surface area contributed by atoms with E-state index < -0.39 is 20.2 Å². The topological polar surface area (TPSA) is 114 Å². The van der Waals surface area contributed by atoms with Crippen molar-refractivity contribution in [3.8, 4) is 11.1 Å². The van der Waals surface area contributed by atoms with Crippen LogP contribution in [0.3, 0.4) is 0 Å². The first-order valence-corrected chi connectivity index (χ1v) is 17.0.